The summed E-state index contributed by atoms with van der Waals surface area (Å²) in [5, 5.41) is 2.97. The number of amides is 1. The lowest BCUT2D eigenvalue weighted by atomic mass is 9.97. The van der Waals surface area contributed by atoms with E-state index in [1.54, 1.807) is 12.3 Å². The van der Waals surface area contributed by atoms with Crippen LogP contribution in [0.2, 0.25) is 5.28 Å². The molecule has 1 aromatic heterocycles. The summed E-state index contributed by atoms with van der Waals surface area (Å²) >= 11 is 9.17. The van der Waals surface area contributed by atoms with Gasteiger partial charge in [0.05, 0.1) is 5.69 Å². The third-order valence-electron chi connectivity index (χ3n) is 2.79. The Kier molecular flexibility index (Phi) is 2.80. The molecule has 0 aliphatic carbocycles. The van der Waals surface area contributed by atoms with Crippen molar-refractivity contribution in [3.8, 4) is 0 Å². The van der Waals surface area contributed by atoms with Gasteiger partial charge in [-0.1, -0.05) is 15.9 Å². The van der Waals surface area contributed by atoms with Crippen LogP contribution in [0.5, 0.6) is 0 Å². The number of rotatable bonds is 1. The largest absolute Gasteiger partial charge is 0.325 e. The topological polar surface area (TPSA) is 54.9 Å². The Morgan fingerprint density at radius 3 is 2.94 bits per heavy atom. The first kappa shape index (κ1) is 11.6. The monoisotopic (exact) mass is 323 g/mol. The SMILES string of the molecule is O=C1Nc2ccc(Br)cc2C1c1ccnc(Cl)n1. The third kappa shape index (κ3) is 1.89. The standard InChI is InChI=1S/C12H7BrClN3O/c13-6-1-2-8-7(5-6)10(11(18)16-8)9-3-4-15-12(14)17-9/h1-5,10H,(H,16,18). The highest BCUT2D eigenvalue weighted by Gasteiger charge is 2.33. The number of benzene rings is 1. The number of anilines is 1. The van der Waals surface area contributed by atoms with Crippen molar-refractivity contribution in [1.82, 2.24) is 9.97 Å². The van der Waals surface area contributed by atoms with E-state index in [9.17, 15) is 4.79 Å². The molecule has 1 atom stereocenters. The van der Waals surface area contributed by atoms with Gasteiger partial charge in [-0.25, -0.2) is 9.97 Å². The first-order valence-electron chi connectivity index (χ1n) is 5.24. The van der Waals surface area contributed by atoms with Gasteiger partial charge < -0.3 is 5.32 Å². The van der Waals surface area contributed by atoms with Gasteiger partial charge in [0.2, 0.25) is 11.2 Å². The van der Waals surface area contributed by atoms with Gasteiger partial charge in [-0.2, -0.15) is 0 Å². The van der Waals surface area contributed by atoms with E-state index < -0.39 is 5.92 Å². The quantitative estimate of drug-likeness (QED) is 0.821. The molecule has 1 N–H and O–H groups in total. The number of halogens is 2. The predicted molar refractivity (Wildman–Crippen MR) is 71.7 cm³/mol. The van der Waals surface area contributed by atoms with E-state index in [0.717, 1.165) is 15.7 Å². The smallest absolute Gasteiger partial charge is 0.238 e. The first-order valence-corrected chi connectivity index (χ1v) is 6.41. The van der Waals surface area contributed by atoms with Crippen molar-refractivity contribution in [2.75, 3.05) is 5.32 Å². The predicted octanol–water partition coefficient (Wildman–Crippen LogP) is 2.98. The van der Waals surface area contributed by atoms with Crippen LogP contribution in [0.15, 0.2) is 34.9 Å². The molecule has 3 rings (SSSR count). The van der Waals surface area contributed by atoms with Gasteiger partial charge in [-0.05, 0) is 41.4 Å². The zero-order valence-electron chi connectivity index (χ0n) is 9.02. The molecule has 1 aromatic carbocycles. The molecule has 1 amide bonds. The fourth-order valence-corrected chi connectivity index (χ4v) is 2.57. The highest BCUT2D eigenvalue weighted by molar-refractivity contribution is 9.10. The van der Waals surface area contributed by atoms with Crippen LogP contribution < -0.4 is 5.32 Å². The molecule has 4 nitrogen and oxygen atoms in total. The second-order valence-electron chi connectivity index (χ2n) is 3.90. The van der Waals surface area contributed by atoms with Gasteiger partial charge in [0, 0.05) is 16.4 Å². The zero-order valence-corrected chi connectivity index (χ0v) is 11.4. The van der Waals surface area contributed by atoms with E-state index in [0.29, 0.717) is 5.69 Å². The Hall–Kier alpha value is -1.46. The molecule has 2 aromatic rings. The second-order valence-corrected chi connectivity index (χ2v) is 5.16. The molecule has 90 valence electrons. The van der Waals surface area contributed by atoms with Crippen molar-refractivity contribution in [2.45, 2.75) is 5.92 Å². The Morgan fingerprint density at radius 1 is 1.33 bits per heavy atom. The van der Waals surface area contributed by atoms with Crippen LogP contribution in [0.3, 0.4) is 0 Å². The summed E-state index contributed by atoms with van der Waals surface area (Å²) < 4.78 is 0.919. The molecule has 6 heteroatoms. The Bertz CT molecular complexity index is 647. The van der Waals surface area contributed by atoms with Crippen molar-refractivity contribution < 1.29 is 4.79 Å². The van der Waals surface area contributed by atoms with E-state index in [1.165, 1.54) is 0 Å². The lowest BCUT2D eigenvalue weighted by molar-refractivity contribution is -0.116. The molecule has 0 spiro atoms. The van der Waals surface area contributed by atoms with E-state index in [4.69, 9.17) is 11.6 Å². The van der Waals surface area contributed by atoms with Crippen LogP contribution in [0.4, 0.5) is 5.69 Å². The summed E-state index contributed by atoms with van der Waals surface area (Å²) in [6.45, 7) is 0. The molecule has 1 aliphatic heterocycles. The number of carbonyl (C=O) groups excluding carboxylic acids is 1. The zero-order chi connectivity index (χ0) is 12.7. The number of hydrogen-bond acceptors (Lipinski definition) is 3. The second kappa shape index (κ2) is 4.33. The van der Waals surface area contributed by atoms with Gasteiger partial charge in [-0.15, -0.1) is 0 Å². The summed E-state index contributed by atoms with van der Waals surface area (Å²) in [6.07, 6.45) is 1.55. The molecule has 2 heterocycles. The highest BCUT2D eigenvalue weighted by Crippen LogP contribution is 2.37. The number of carbonyl (C=O) groups is 1. The summed E-state index contributed by atoms with van der Waals surface area (Å²) in [7, 11) is 0. The Morgan fingerprint density at radius 2 is 2.17 bits per heavy atom. The Labute approximate surface area is 117 Å². The maximum absolute atomic E-state index is 12.0. The maximum atomic E-state index is 12.0. The summed E-state index contributed by atoms with van der Waals surface area (Å²) in [6, 6.07) is 7.36. The highest BCUT2D eigenvalue weighted by atomic mass is 79.9. The van der Waals surface area contributed by atoms with Gasteiger partial charge in [0.25, 0.3) is 0 Å². The normalized spacial score (nSPS) is 17.4. The van der Waals surface area contributed by atoms with E-state index in [-0.39, 0.29) is 11.2 Å². The fourth-order valence-electron chi connectivity index (χ4n) is 2.03. The lowest BCUT2D eigenvalue weighted by Crippen LogP contribution is -2.14. The van der Waals surface area contributed by atoms with Crippen LogP contribution >= 0.6 is 27.5 Å². The minimum Gasteiger partial charge on any atom is -0.325 e. The van der Waals surface area contributed by atoms with Crippen LogP contribution in [0, 0.1) is 0 Å². The van der Waals surface area contributed by atoms with Gasteiger partial charge in [-0.3, -0.25) is 4.79 Å². The minimum atomic E-state index is -0.432. The molecule has 1 unspecified atom stereocenters. The van der Waals surface area contributed by atoms with Crippen molar-refractivity contribution in [3.63, 3.8) is 0 Å². The summed E-state index contributed by atoms with van der Waals surface area (Å²) in [5.74, 6) is -0.532. The van der Waals surface area contributed by atoms with E-state index >= 15 is 0 Å². The Balaban J connectivity index is 2.14. The lowest BCUT2D eigenvalue weighted by Gasteiger charge is -2.08. The summed E-state index contributed by atoms with van der Waals surface area (Å²) in [4.78, 5) is 20.0. The van der Waals surface area contributed by atoms with Crippen LogP contribution in [0.1, 0.15) is 17.2 Å². The van der Waals surface area contributed by atoms with Gasteiger partial charge in [0.1, 0.15) is 5.92 Å². The molecule has 0 saturated heterocycles. The van der Waals surface area contributed by atoms with Crippen molar-refractivity contribution >= 4 is 39.1 Å². The number of nitrogens with zero attached hydrogens (tertiary/aromatic N) is 2. The molecule has 18 heavy (non-hydrogen) atoms. The molecule has 0 saturated carbocycles. The van der Waals surface area contributed by atoms with Gasteiger partial charge in [0.15, 0.2) is 0 Å². The fraction of sp³-hybridized carbons (Fsp3) is 0.0833. The number of fused-ring (bicyclic) bond motifs is 1. The first-order chi connectivity index (χ1) is 8.65. The number of nitrogens with one attached hydrogen (secondary N) is 1. The van der Waals surface area contributed by atoms with Crippen LogP contribution in [-0.2, 0) is 4.79 Å². The minimum absolute atomic E-state index is 0.0992. The number of hydrogen-bond donors (Lipinski definition) is 1. The van der Waals surface area contributed by atoms with Crippen molar-refractivity contribution in [2.24, 2.45) is 0 Å². The van der Waals surface area contributed by atoms with Crippen LogP contribution in [-0.4, -0.2) is 15.9 Å². The molecular formula is C12H7BrClN3O. The summed E-state index contributed by atoms with van der Waals surface area (Å²) in [5.41, 5.74) is 2.30. The van der Waals surface area contributed by atoms with Gasteiger partial charge >= 0.3 is 0 Å². The molecule has 0 bridgehead atoms. The molecule has 0 fully saturated rings. The van der Waals surface area contributed by atoms with E-state index in [2.05, 4.69) is 31.2 Å². The van der Waals surface area contributed by atoms with Crippen LogP contribution in [0.25, 0.3) is 0 Å². The molecular weight excluding hydrogens is 318 g/mol. The molecule has 0 radical (unpaired) electrons. The average Bonchev–Trinajstić information content (AvgIpc) is 2.64. The average molecular weight is 325 g/mol. The number of aromatic nitrogens is 2. The van der Waals surface area contributed by atoms with E-state index in [1.807, 2.05) is 18.2 Å². The third-order valence-corrected chi connectivity index (χ3v) is 3.46. The van der Waals surface area contributed by atoms with Crippen molar-refractivity contribution in [1.29, 1.82) is 0 Å². The van der Waals surface area contributed by atoms with Crippen molar-refractivity contribution in [3.05, 3.63) is 51.5 Å². The molecule has 1 aliphatic rings. The maximum Gasteiger partial charge on any atom is 0.238 e.